The maximum absolute atomic E-state index is 6.54. The van der Waals surface area contributed by atoms with Crippen LogP contribution < -0.4 is 0 Å². The summed E-state index contributed by atoms with van der Waals surface area (Å²) in [6.45, 7) is 2.01. The largest absolute Gasteiger partial charge is 0.233 e. The number of rotatable bonds is 1. The Kier molecular flexibility index (Phi) is 3.05. The van der Waals surface area contributed by atoms with Crippen molar-refractivity contribution in [2.24, 2.45) is 0 Å². The molecule has 1 aliphatic carbocycles. The van der Waals surface area contributed by atoms with E-state index in [0.29, 0.717) is 0 Å². The highest BCUT2D eigenvalue weighted by atomic mass is 79.9. The molecule has 2 heterocycles. The smallest absolute Gasteiger partial charge is 0.165 e. The maximum Gasteiger partial charge on any atom is 0.165 e. The van der Waals surface area contributed by atoms with Gasteiger partial charge in [-0.2, -0.15) is 5.10 Å². The number of hydrogen-bond acceptors (Lipinski definition) is 2. The first-order chi connectivity index (χ1) is 10.1. The van der Waals surface area contributed by atoms with Crippen molar-refractivity contribution >= 4 is 33.2 Å². The zero-order valence-electron chi connectivity index (χ0n) is 11.5. The standard InChI is InChI=1S/C16H13BrClN3/c1-9-14(10-4-2-5-11(17)8-10)16-19-13-7-3-6-12(13)15(18)21(16)20-9/h2,4-5,8H,3,6-7H2,1H3. The van der Waals surface area contributed by atoms with Gasteiger partial charge >= 0.3 is 0 Å². The minimum Gasteiger partial charge on any atom is -0.233 e. The van der Waals surface area contributed by atoms with Crippen molar-refractivity contribution < 1.29 is 0 Å². The fourth-order valence-electron chi connectivity index (χ4n) is 3.07. The zero-order chi connectivity index (χ0) is 14.6. The van der Waals surface area contributed by atoms with Gasteiger partial charge in [-0.1, -0.05) is 39.7 Å². The summed E-state index contributed by atoms with van der Waals surface area (Å²) < 4.78 is 2.84. The first kappa shape index (κ1) is 13.3. The Morgan fingerprint density at radius 2 is 2.14 bits per heavy atom. The zero-order valence-corrected chi connectivity index (χ0v) is 13.9. The third-order valence-electron chi connectivity index (χ3n) is 4.01. The quantitative estimate of drug-likeness (QED) is 0.592. The lowest BCUT2D eigenvalue weighted by Crippen LogP contribution is -1.99. The average Bonchev–Trinajstić information content (AvgIpc) is 3.03. The molecule has 106 valence electrons. The van der Waals surface area contributed by atoms with Crippen LogP contribution in [0.15, 0.2) is 28.7 Å². The topological polar surface area (TPSA) is 30.2 Å². The molecular weight excluding hydrogens is 350 g/mol. The SMILES string of the molecule is Cc1nn2c(Cl)c3c(nc2c1-c1cccc(Br)c1)CCC3. The lowest BCUT2D eigenvalue weighted by Gasteiger charge is -2.06. The van der Waals surface area contributed by atoms with Gasteiger partial charge in [0.05, 0.1) is 5.69 Å². The van der Waals surface area contributed by atoms with Gasteiger partial charge in [-0.15, -0.1) is 0 Å². The predicted octanol–water partition coefficient (Wildman–Crippen LogP) is 4.61. The Labute approximate surface area is 136 Å². The highest BCUT2D eigenvalue weighted by Gasteiger charge is 2.22. The molecule has 3 aromatic rings. The van der Waals surface area contributed by atoms with Gasteiger partial charge in [0.2, 0.25) is 0 Å². The summed E-state index contributed by atoms with van der Waals surface area (Å²) in [4.78, 5) is 4.84. The first-order valence-corrected chi connectivity index (χ1v) is 8.15. The Balaban J connectivity index is 2.06. The van der Waals surface area contributed by atoms with Crippen LogP contribution in [0.5, 0.6) is 0 Å². The van der Waals surface area contributed by atoms with Crippen molar-refractivity contribution in [1.82, 2.24) is 14.6 Å². The van der Waals surface area contributed by atoms with Gasteiger partial charge in [0.1, 0.15) is 5.15 Å². The third-order valence-corrected chi connectivity index (χ3v) is 4.90. The van der Waals surface area contributed by atoms with Crippen molar-refractivity contribution in [2.75, 3.05) is 0 Å². The summed E-state index contributed by atoms with van der Waals surface area (Å²) in [5, 5.41) is 5.32. The number of aromatic nitrogens is 3. The third kappa shape index (κ3) is 2.00. The molecule has 3 nitrogen and oxygen atoms in total. The molecule has 0 saturated carbocycles. The molecule has 21 heavy (non-hydrogen) atoms. The minimum atomic E-state index is 0.719. The van der Waals surface area contributed by atoms with Crippen LogP contribution in [0.25, 0.3) is 16.8 Å². The molecule has 0 aliphatic heterocycles. The van der Waals surface area contributed by atoms with Crippen LogP contribution >= 0.6 is 27.5 Å². The van der Waals surface area contributed by atoms with Crippen LogP contribution in [-0.2, 0) is 12.8 Å². The van der Waals surface area contributed by atoms with Gasteiger partial charge in [0.25, 0.3) is 0 Å². The molecule has 0 bridgehead atoms. The second-order valence-electron chi connectivity index (χ2n) is 5.39. The molecule has 0 saturated heterocycles. The number of aryl methyl sites for hydroxylation is 2. The van der Waals surface area contributed by atoms with E-state index in [1.807, 2.05) is 19.1 Å². The maximum atomic E-state index is 6.54. The summed E-state index contributed by atoms with van der Waals surface area (Å²) in [6, 6.07) is 8.21. The summed E-state index contributed by atoms with van der Waals surface area (Å²) in [6.07, 6.45) is 3.14. The van der Waals surface area contributed by atoms with Crippen molar-refractivity contribution in [2.45, 2.75) is 26.2 Å². The van der Waals surface area contributed by atoms with E-state index in [9.17, 15) is 0 Å². The molecular formula is C16H13BrClN3. The molecule has 0 fully saturated rings. The van der Waals surface area contributed by atoms with E-state index in [0.717, 1.165) is 62.6 Å². The van der Waals surface area contributed by atoms with E-state index in [1.54, 1.807) is 4.52 Å². The van der Waals surface area contributed by atoms with Gasteiger partial charge in [-0.05, 0) is 43.9 Å². The Bertz CT molecular complexity index is 870. The van der Waals surface area contributed by atoms with Gasteiger partial charge in [0, 0.05) is 21.3 Å². The molecule has 0 radical (unpaired) electrons. The number of halogens is 2. The monoisotopic (exact) mass is 361 g/mol. The second-order valence-corrected chi connectivity index (χ2v) is 6.66. The summed E-state index contributed by atoms with van der Waals surface area (Å²) in [5.41, 5.74) is 6.27. The molecule has 0 amide bonds. The highest BCUT2D eigenvalue weighted by molar-refractivity contribution is 9.10. The molecule has 5 heteroatoms. The summed E-state index contributed by atoms with van der Waals surface area (Å²) in [5.74, 6) is 0. The van der Waals surface area contributed by atoms with Gasteiger partial charge < -0.3 is 0 Å². The van der Waals surface area contributed by atoms with Crippen LogP contribution in [0.1, 0.15) is 23.4 Å². The lowest BCUT2D eigenvalue weighted by molar-refractivity contribution is 0.896. The Morgan fingerprint density at radius 1 is 1.29 bits per heavy atom. The Hall–Kier alpha value is -1.39. The second kappa shape index (κ2) is 4.82. The summed E-state index contributed by atoms with van der Waals surface area (Å²) >= 11 is 10.1. The normalized spacial score (nSPS) is 13.9. The van der Waals surface area contributed by atoms with E-state index in [1.165, 1.54) is 0 Å². The van der Waals surface area contributed by atoms with E-state index in [-0.39, 0.29) is 0 Å². The van der Waals surface area contributed by atoms with Crippen molar-refractivity contribution in [3.63, 3.8) is 0 Å². The molecule has 0 spiro atoms. The molecule has 4 rings (SSSR count). The Morgan fingerprint density at radius 3 is 2.95 bits per heavy atom. The fourth-order valence-corrected chi connectivity index (χ4v) is 3.79. The van der Waals surface area contributed by atoms with Gasteiger partial charge in [0.15, 0.2) is 5.65 Å². The predicted molar refractivity (Wildman–Crippen MR) is 87.9 cm³/mol. The first-order valence-electron chi connectivity index (χ1n) is 6.97. The number of fused-ring (bicyclic) bond motifs is 2. The lowest BCUT2D eigenvalue weighted by atomic mass is 10.1. The fraction of sp³-hybridized carbons (Fsp3) is 0.250. The molecule has 2 aromatic heterocycles. The molecule has 0 atom stereocenters. The number of nitrogens with zero attached hydrogens (tertiary/aromatic N) is 3. The number of hydrogen-bond donors (Lipinski definition) is 0. The van der Waals surface area contributed by atoms with Crippen molar-refractivity contribution in [1.29, 1.82) is 0 Å². The van der Waals surface area contributed by atoms with Crippen LogP contribution in [0.4, 0.5) is 0 Å². The van der Waals surface area contributed by atoms with Crippen LogP contribution in [0.2, 0.25) is 5.15 Å². The van der Waals surface area contributed by atoms with E-state index in [4.69, 9.17) is 16.6 Å². The van der Waals surface area contributed by atoms with Crippen molar-refractivity contribution in [3.05, 3.63) is 50.8 Å². The average molecular weight is 363 g/mol. The van der Waals surface area contributed by atoms with Crippen LogP contribution in [-0.4, -0.2) is 14.6 Å². The van der Waals surface area contributed by atoms with E-state index < -0.39 is 0 Å². The van der Waals surface area contributed by atoms with Crippen LogP contribution in [0.3, 0.4) is 0 Å². The highest BCUT2D eigenvalue weighted by Crippen LogP contribution is 2.34. The molecule has 1 aliphatic rings. The molecule has 0 N–H and O–H groups in total. The van der Waals surface area contributed by atoms with Gasteiger partial charge in [-0.25, -0.2) is 9.50 Å². The number of benzene rings is 1. The minimum absolute atomic E-state index is 0.719. The van der Waals surface area contributed by atoms with Gasteiger partial charge in [-0.3, -0.25) is 0 Å². The molecule has 1 aromatic carbocycles. The van der Waals surface area contributed by atoms with Crippen molar-refractivity contribution in [3.8, 4) is 11.1 Å². The molecule has 0 unspecified atom stereocenters. The van der Waals surface area contributed by atoms with Crippen LogP contribution in [0, 0.1) is 6.92 Å². The van der Waals surface area contributed by atoms with E-state index >= 15 is 0 Å². The summed E-state index contributed by atoms with van der Waals surface area (Å²) in [7, 11) is 0. The van der Waals surface area contributed by atoms with E-state index in [2.05, 4.69) is 33.2 Å².